The molecule has 1 aliphatic heterocycles. The van der Waals surface area contributed by atoms with Crippen LogP contribution in [-0.2, 0) is 9.53 Å². The van der Waals surface area contributed by atoms with Crippen LogP contribution in [0, 0.1) is 35.5 Å². The number of halogens is 2. The fraction of sp³-hybridized carbons (Fsp3) is 0.947. The van der Waals surface area contributed by atoms with Gasteiger partial charge in [-0.2, -0.15) is 0 Å². The van der Waals surface area contributed by atoms with Gasteiger partial charge < -0.3 is 0 Å². The standard InChI is InChI=1S/C19H30I2N2O2/c1-17(25-16(24)18(2,20-4)19(3)22-21-23-19)9-12-8-13(17)15-11-6-5-10(7-11)14(12)15/h10-15,22-23H,5-9H2,1-4H3/q-2/t10-,11?,12?,13?,14?,15?,17?,18?/m1/s1. The van der Waals surface area contributed by atoms with Crippen LogP contribution in [0.25, 0.3) is 0 Å². The van der Waals surface area contributed by atoms with Crippen LogP contribution >= 0.6 is 0 Å². The minimum absolute atomic E-state index is 0.0590. The van der Waals surface area contributed by atoms with Gasteiger partial charge in [-0.3, -0.25) is 0 Å². The average molecular weight is 572 g/mol. The molecule has 6 heteroatoms. The second kappa shape index (κ2) is 5.69. The molecule has 2 N–H and O–H groups in total. The molecule has 5 rings (SSSR count). The number of ether oxygens (including phenoxy) is 1. The van der Waals surface area contributed by atoms with Crippen molar-refractivity contribution < 1.29 is 52.5 Å². The number of esters is 1. The third-order valence-electron chi connectivity index (χ3n) is 8.56. The average Bonchev–Trinajstić information content (AvgIpc) is 3.29. The van der Waals surface area contributed by atoms with E-state index in [-0.39, 0.29) is 63.6 Å². The van der Waals surface area contributed by atoms with Crippen LogP contribution in [0.1, 0.15) is 52.9 Å². The fourth-order valence-corrected chi connectivity index (χ4v) is 12.2. The Morgan fingerprint density at radius 3 is 2.44 bits per heavy atom. The van der Waals surface area contributed by atoms with Crippen LogP contribution in [0.15, 0.2) is 0 Å². The Morgan fingerprint density at radius 1 is 1.16 bits per heavy atom. The summed E-state index contributed by atoms with van der Waals surface area (Å²) < 4.78 is 13.2. The second-order valence-electron chi connectivity index (χ2n) is 9.60. The van der Waals surface area contributed by atoms with Gasteiger partial charge in [-0.05, 0) is 0 Å². The van der Waals surface area contributed by atoms with Crippen molar-refractivity contribution in [3.63, 3.8) is 0 Å². The van der Waals surface area contributed by atoms with Crippen molar-refractivity contribution in [2.75, 3.05) is 4.93 Å². The number of fused-ring (bicyclic) bond motifs is 9. The van der Waals surface area contributed by atoms with E-state index in [1.54, 1.807) is 0 Å². The number of hydrogen-bond donors (Lipinski definition) is 2. The van der Waals surface area contributed by atoms with E-state index >= 15 is 0 Å². The number of nitrogens with one attached hydrogen (secondary N) is 2. The number of carbonyl (C=O) groups is 1. The number of hydrogen-bond acceptors (Lipinski definition) is 4. The molecule has 0 aromatic carbocycles. The topological polar surface area (TPSA) is 50.4 Å². The summed E-state index contributed by atoms with van der Waals surface area (Å²) in [6.07, 6.45) is 6.83. The summed E-state index contributed by atoms with van der Waals surface area (Å²) in [4.78, 5) is 15.6. The molecular formula is C19H30I2N2O2-2. The molecule has 8 atom stereocenters. The minimum atomic E-state index is -0.386. The molecule has 0 spiro atoms. The summed E-state index contributed by atoms with van der Waals surface area (Å²) in [5, 5.41) is 0. The molecule has 25 heavy (non-hydrogen) atoms. The maximum absolute atomic E-state index is 13.4. The maximum atomic E-state index is 13.4. The Labute approximate surface area is 172 Å². The van der Waals surface area contributed by atoms with Crippen molar-refractivity contribution >= 4 is 5.97 Å². The first-order valence-corrected chi connectivity index (χ1v) is 15.1. The third kappa shape index (κ3) is 2.26. The summed E-state index contributed by atoms with van der Waals surface area (Å²) in [5.41, 5.74) is -0.453. The van der Waals surface area contributed by atoms with E-state index in [9.17, 15) is 4.79 Å². The quantitative estimate of drug-likeness (QED) is 0.120. The molecule has 4 aliphatic carbocycles. The first kappa shape index (κ1) is 17.9. The Balaban J connectivity index is 1.37. The molecule has 0 amide bonds. The van der Waals surface area contributed by atoms with Crippen molar-refractivity contribution in [1.82, 2.24) is 7.06 Å². The van der Waals surface area contributed by atoms with E-state index in [1.807, 2.05) is 0 Å². The van der Waals surface area contributed by atoms with Gasteiger partial charge in [0.15, 0.2) is 0 Å². The van der Waals surface area contributed by atoms with Gasteiger partial charge in [0.25, 0.3) is 0 Å². The van der Waals surface area contributed by atoms with Gasteiger partial charge >= 0.3 is 174 Å². The molecule has 5 aliphatic rings. The molecular weight excluding hydrogens is 542 g/mol. The summed E-state index contributed by atoms with van der Waals surface area (Å²) in [7, 11) is 0. The molecule has 0 radical (unpaired) electrons. The van der Waals surface area contributed by atoms with Crippen LogP contribution in [0.3, 0.4) is 0 Å². The van der Waals surface area contributed by atoms with E-state index in [2.05, 4.69) is 32.8 Å². The van der Waals surface area contributed by atoms with Crippen LogP contribution < -0.4 is 50.0 Å². The van der Waals surface area contributed by atoms with Gasteiger partial charge in [-0.15, -0.1) is 0 Å². The molecule has 4 saturated carbocycles. The summed E-state index contributed by atoms with van der Waals surface area (Å²) in [6, 6.07) is 0. The van der Waals surface area contributed by atoms with Crippen LogP contribution in [0.4, 0.5) is 0 Å². The summed E-state index contributed by atoms with van der Waals surface area (Å²) in [6.45, 7) is 6.54. The van der Waals surface area contributed by atoms with Crippen molar-refractivity contribution in [2.24, 2.45) is 35.5 Å². The van der Waals surface area contributed by atoms with Crippen molar-refractivity contribution in [3.8, 4) is 0 Å². The van der Waals surface area contributed by atoms with Crippen LogP contribution in [0.2, 0.25) is 0 Å². The molecule has 0 aromatic heterocycles. The summed E-state index contributed by atoms with van der Waals surface area (Å²) in [5.74, 6) is 5.28. The van der Waals surface area contributed by atoms with Gasteiger partial charge in [-0.1, -0.05) is 0 Å². The normalized spacial score (nSPS) is 51.5. The Kier molecular flexibility index (Phi) is 4.08. The zero-order valence-electron chi connectivity index (χ0n) is 15.6. The van der Waals surface area contributed by atoms with Gasteiger partial charge in [-0.25, -0.2) is 0 Å². The predicted molar refractivity (Wildman–Crippen MR) is 87.5 cm³/mol. The molecule has 4 nitrogen and oxygen atoms in total. The van der Waals surface area contributed by atoms with Crippen molar-refractivity contribution in [3.05, 3.63) is 0 Å². The molecule has 1 heterocycles. The molecule has 4 bridgehead atoms. The predicted octanol–water partition coefficient (Wildman–Crippen LogP) is -3.70. The van der Waals surface area contributed by atoms with E-state index in [0.717, 1.165) is 36.0 Å². The van der Waals surface area contributed by atoms with E-state index in [0.29, 0.717) is 5.92 Å². The van der Waals surface area contributed by atoms with Crippen molar-refractivity contribution in [1.29, 1.82) is 0 Å². The van der Waals surface area contributed by atoms with Crippen molar-refractivity contribution in [2.45, 2.75) is 67.6 Å². The zero-order chi connectivity index (χ0) is 17.6. The van der Waals surface area contributed by atoms with Gasteiger partial charge in [0, 0.05) is 0 Å². The molecule has 144 valence electrons. The number of alkyl halides is 2. The summed E-state index contributed by atoms with van der Waals surface area (Å²) >= 11 is -0.411. The zero-order valence-corrected chi connectivity index (χ0v) is 19.9. The van der Waals surface area contributed by atoms with E-state index in [1.165, 1.54) is 25.7 Å². The Hall–Kier alpha value is 0.850. The SMILES string of the molecule is C[I-]C(C)(C(=O)OC1(C)CC2CC1C1C3CC[C@H](C3)C21)C1(C)N[I-]N1. The number of carbonyl (C=O) groups excluding carboxylic acids is 1. The fourth-order valence-electron chi connectivity index (χ4n) is 7.13. The number of rotatable bonds is 4. The molecule has 0 aromatic rings. The molecule has 7 unspecified atom stereocenters. The Bertz CT molecular complexity index is 612. The second-order valence-corrected chi connectivity index (χ2v) is 14.5. The monoisotopic (exact) mass is 572 g/mol. The van der Waals surface area contributed by atoms with E-state index < -0.39 is 0 Å². The van der Waals surface area contributed by atoms with Gasteiger partial charge in [0.1, 0.15) is 0 Å². The van der Waals surface area contributed by atoms with Gasteiger partial charge in [0.2, 0.25) is 0 Å². The van der Waals surface area contributed by atoms with Gasteiger partial charge in [0.05, 0.1) is 0 Å². The third-order valence-corrected chi connectivity index (χ3v) is 14.9. The Morgan fingerprint density at radius 2 is 1.84 bits per heavy atom. The first-order chi connectivity index (χ1) is 11.8. The van der Waals surface area contributed by atoms with Crippen LogP contribution in [0.5, 0.6) is 0 Å². The van der Waals surface area contributed by atoms with Crippen LogP contribution in [-0.4, -0.2) is 25.6 Å². The van der Waals surface area contributed by atoms with E-state index in [4.69, 9.17) is 4.74 Å². The first-order valence-electron chi connectivity index (χ1n) is 9.72. The molecule has 1 saturated heterocycles. The molecule has 5 fully saturated rings.